The van der Waals surface area contributed by atoms with Gasteiger partial charge in [0.2, 0.25) is 5.91 Å². The van der Waals surface area contributed by atoms with Gasteiger partial charge < -0.3 is 4.74 Å². The Labute approximate surface area is 145 Å². The lowest BCUT2D eigenvalue weighted by Crippen LogP contribution is -2.54. The second kappa shape index (κ2) is 5.68. The molecular formula is C18H20N2O5. The molecule has 0 N–H and O–H groups in total. The molecule has 0 bridgehead atoms. The van der Waals surface area contributed by atoms with E-state index >= 15 is 0 Å². The molecule has 1 fully saturated rings. The van der Waals surface area contributed by atoms with Crippen molar-refractivity contribution in [1.82, 2.24) is 9.80 Å². The molecule has 132 valence electrons. The van der Waals surface area contributed by atoms with Crippen molar-refractivity contribution in [3.05, 3.63) is 29.3 Å². The predicted molar refractivity (Wildman–Crippen MR) is 88.1 cm³/mol. The lowest BCUT2D eigenvalue weighted by molar-refractivity contribution is -0.149. The number of carbonyl (C=O) groups is 4. The van der Waals surface area contributed by atoms with E-state index in [1.54, 1.807) is 18.2 Å². The van der Waals surface area contributed by atoms with Crippen molar-refractivity contribution in [3.8, 4) is 5.75 Å². The minimum Gasteiger partial charge on any atom is -0.487 e. The first-order valence-electron chi connectivity index (χ1n) is 8.12. The zero-order valence-corrected chi connectivity index (χ0v) is 14.7. The van der Waals surface area contributed by atoms with Gasteiger partial charge in [-0.3, -0.25) is 29.0 Å². The van der Waals surface area contributed by atoms with Gasteiger partial charge in [0.1, 0.15) is 17.4 Å². The molecule has 4 amide bonds. The zero-order chi connectivity index (χ0) is 18.5. The Hall–Kier alpha value is -2.70. The number of imide groups is 2. The molecule has 7 heteroatoms. The number of benzene rings is 1. The van der Waals surface area contributed by atoms with Crippen LogP contribution >= 0.6 is 0 Å². The Morgan fingerprint density at radius 1 is 1.08 bits per heavy atom. The van der Waals surface area contributed by atoms with E-state index in [1.165, 1.54) is 7.05 Å². The quantitative estimate of drug-likeness (QED) is 0.761. The van der Waals surface area contributed by atoms with E-state index in [0.717, 1.165) is 9.80 Å². The summed E-state index contributed by atoms with van der Waals surface area (Å²) in [5.41, 5.74) is -0.145. The first kappa shape index (κ1) is 17.1. The van der Waals surface area contributed by atoms with Gasteiger partial charge in [0.05, 0.1) is 11.1 Å². The molecule has 1 atom stereocenters. The summed E-state index contributed by atoms with van der Waals surface area (Å²) in [6.45, 7) is 5.53. The van der Waals surface area contributed by atoms with Gasteiger partial charge in [0, 0.05) is 13.5 Å². The third-order valence-corrected chi connectivity index (χ3v) is 4.26. The van der Waals surface area contributed by atoms with E-state index in [2.05, 4.69) is 0 Å². The SMILES string of the molecule is CN1C(=O)CCC(N2C(=O)c3cccc(OC(C)(C)C)c3C2=O)C1=O. The van der Waals surface area contributed by atoms with Gasteiger partial charge in [0.25, 0.3) is 17.7 Å². The van der Waals surface area contributed by atoms with Crippen LogP contribution < -0.4 is 4.74 Å². The third-order valence-electron chi connectivity index (χ3n) is 4.26. The number of hydrogen-bond donors (Lipinski definition) is 0. The number of fused-ring (bicyclic) bond motifs is 1. The number of likely N-dealkylation sites (N-methyl/N-ethyl adjacent to an activating group) is 1. The van der Waals surface area contributed by atoms with Gasteiger partial charge in [-0.25, -0.2) is 0 Å². The number of carbonyl (C=O) groups excluding carboxylic acids is 4. The van der Waals surface area contributed by atoms with Crippen LogP contribution in [0.25, 0.3) is 0 Å². The molecule has 7 nitrogen and oxygen atoms in total. The highest BCUT2D eigenvalue weighted by Gasteiger charge is 2.47. The smallest absolute Gasteiger partial charge is 0.266 e. The normalized spacial score (nSPS) is 21.0. The van der Waals surface area contributed by atoms with Gasteiger partial charge in [-0.2, -0.15) is 0 Å². The third kappa shape index (κ3) is 2.79. The highest BCUT2D eigenvalue weighted by molar-refractivity contribution is 6.24. The Morgan fingerprint density at radius 3 is 2.40 bits per heavy atom. The number of rotatable bonds is 2. The van der Waals surface area contributed by atoms with Crippen LogP contribution in [-0.2, 0) is 9.59 Å². The average Bonchev–Trinajstić information content (AvgIpc) is 2.77. The molecule has 0 aliphatic carbocycles. The van der Waals surface area contributed by atoms with E-state index in [4.69, 9.17) is 4.74 Å². The van der Waals surface area contributed by atoms with Crippen LogP contribution in [0.1, 0.15) is 54.3 Å². The Bertz CT molecular complexity index is 793. The molecule has 25 heavy (non-hydrogen) atoms. The predicted octanol–water partition coefficient (Wildman–Crippen LogP) is 1.61. The second-order valence-corrected chi connectivity index (χ2v) is 7.22. The van der Waals surface area contributed by atoms with E-state index in [-0.39, 0.29) is 29.9 Å². The molecule has 0 radical (unpaired) electrons. The average molecular weight is 344 g/mol. The van der Waals surface area contributed by atoms with Crippen molar-refractivity contribution in [2.75, 3.05) is 7.05 Å². The van der Waals surface area contributed by atoms with Gasteiger partial charge in [-0.1, -0.05) is 6.07 Å². The molecular weight excluding hydrogens is 324 g/mol. The Morgan fingerprint density at radius 2 is 1.76 bits per heavy atom. The van der Waals surface area contributed by atoms with Crippen molar-refractivity contribution in [3.63, 3.8) is 0 Å². The molecule has 1 unspecified atom stereocenters. The maximum Gasteiger partial charge on any atom is 0.266 e. The second-order valence-electron chi connectivity index (χ2n) is 7.22. The first-order chi connectivity index (χ1) is 11.6. The minimum absolute atomic E-state index is 0.117. The highest BCUT2D eigenvalue weighted by Crippen LogP contribution is 2.35. The lowest BCUT2D eigenvalue weighted by atomic mass is 10.0. The van der Waals surface area contributed by atoms with Crippen LogP contribution in [0.5, 0.6) is 5.75 Å². The van der Waals surface area contributed by atoms with Crippen LogP contribution in [0.4, 0.5) is 0 Å². The van der Waals surface area contributed by atoms with E-state index in [0.29, 0.717) is 5.75 Å². The molecule has 2 heterocycles. The van der Waals surface area contributed by atoms with Gasteiger partial charge in [-0.05, 0) is 39.3 Å². The summed E-state index contributed by atoms with van der Waals surface area (Å²) < 4.78 is 5.81. The molecule has 2 aliphatic rings. The molecule has 1 aromatic rings. The van der Waals surface area contributed by atoms with Gasteiger partial charge >= 0.3 is 0 Å². The van der Waals surface area contributed by atoms with Crippen LogP contribution in [-0.4, -0.2) is 52.1 Å². The highest BCUT2D eigenvalue weighted by atomic mass is 16.5. The van der Waals surface area contributed by atoms with Crippen LogP contribution in [0.3, 0.4) is 0 Å². The van der Waals surface area contributed by atoms with Crippen LogP contribution in [0, 0.1) is 0 Å². The standard InChI is InChI=1S/C18H20N2O5/c1-18(2,3)25-12-7-5-6-10-14(12)17(24)20(15(10)22)11-8-9-13(21)19(4)16(11)23/h5-7,11H,8-9H2,1-4H3. The molecule has 0 aromatic heterocycles. The summed E-state index contributed by atoms with van der Waals surface area (Å²) in [5.74, 6) is -1.61. The monoisotopic (exact) mass is 344 g/mol. The number of piperidine rings is 1. The van der Waals surface area contributed by atoms with Crippen LogP contribution in [0.15, 0.2) is 18.2 Å². The Balaban J connectivity index is 1.99. The van der Waals surface area contributed by atoms with Crippen LogP contribution in [0.2, 0.25) is 0 Å². The maximum absolute atomic E-state index is 12.9. The number of amides is 4. The van der Waals surface area contributed by atoms with Gasteiger partial charge in [0.15, 0.2) is 0 Å². The lowest BCUT2D eigenvalue weighted by Gasteiger charge is -2.32. The summed E-state index contributed by atoms with van der Waals surface area (Å²) in [6.07, 6.45) is 0.259. The van der Waals surface area contributed by atoms with Crippen molar-refractivity contribution >= 4 is 23.6 Å². The fraction of sp³-hybridized carbons (Fsp3) is 0.444. The molecule has 1 aromatic carbocycles. The molecule has 3 rings (SSSR count). The van der Waals surface area contributed by atoms with Gasteiger partial charge in [-0.15, -0.1) is 0 Å². The molecule has 1 saturated heterocycles. The maximum atomic E-state index is 12.9. The van der Waals surface area contributed by atoms with Crippen molar-refractivity contribution in [1.29, 1.82) is 0 Å². The number of hydrogen-bond acceptors (Lipinski definition) is 5. The summed E-state index contributed by atoms with van der Waals surface area (Å²) >= 11 is 0. The minimum atomic E-state index is -0.961. The number of ether oxygens (including phenoxy) is 1. The van der Waals surface area contributed by atoms with Crippen molar-refractivity contribution in [2.45, 2.75) is 45.3 Å². The largest absolute Gasteiger partial charge is 0.487 e. The molecule has 0 saturated carbocycles. The first-order valence-corrected chi connectivity index (χ1v) is 8.12. The summed E-state index contributed by atoms with van der Waals surface area (Å²) in [5, 5.41) is 0. The van der Waals surface area contributed by atoms with Crippen molar-refractivity contribution in [2.24, 2.45) is 0 Å². The summed E-state index contributed by atoms with van der Waals surface area (Å²) in [6, 6.07) is 3.87. The van der Waals surface area contributed by atoms with E-state index < -0.39 is 29.4 Å². The Kier molecular flexibility index (Phi) is 3.89. The van der Waals surface area contributed by atoms with E-state index in [9.17, 15) is 19.2 Å². The number of likely N-dealkylation sites (tertiary alicyclic amines) is 1. The van der Waals surface area contributed by atoms with E-state index in [1.807, 2.05) is 20.8 Å². The summed E-state index contributed by atoms with van der Waals surface area (Å²) in [7, 11) is 1.36. The molecule has 0 spiro atoms. The number of nitrogens with zero attached hydrogens (tertiary/aromatic N) is 2. The fourth-order valence-electron chi connectivity index (χ4n) is 3.11. The fourth-order valence-corrected chi connectivity index (χ4v) is 3.11. The summed E-state index contributed by atoms with van der Waals surface area (Å²) in [4.78, 5) is 51.7. The molecule has 2 aliphatic heterocycles. The topological polar surface area (TPSA) is 84.0 Å². The zero-order valence-electron chi connectivity index (χ0n) is 14.7. The van der Waals surface area contributed by atoms with Crippen molar-refractivity contribution < 1.29 is 23.9 Å².